The molecule has 0 spiro atoms. The maximum absolute atomic E-state index is 3.71. The van der Waals surface area contributed by atoms with Crippen LogP contribution in [0.5, 0.6) is 0 Å². The Morgan fingerprint density at radius 2 is 2.00 bits per heavy atom. The number of hydrogen-bond donors (Lipinski definition) is 1. The molecule has 0 bridgehead atoms. The van der Waals surface area contributed by atoms with Gasteiger partial charge in [-0.1, -0.05) is 43.7 Å². The third kappa shape index (κ3) is 3.12. The average molecular weight is 246 g/mol. The molecule has 0 aliphatic carbocycles. The fourth-order valence-corrected chi connectivity index (χ4v) is 2.94. The molecule has 2 unspecified atom stereocenters. The highest BCUT2D eigenvalue weighted by Gasteiger charge is 2.29. The van der Waals surface area contributed by atoms with Gasteiger partial charge in [-0.25, -0.2) is 0 Å². The first-order chi connectivity index (χ1) is 8.72. The van der Waals surface area contributed by atoms with Crippen LogP contribution in [0.4, 0.5) is 0 Å². The minimum atomic E-state index is 0.527. The zero-order chi connectivity index (χ0) is 13.0. The highest BCUT2D eigenvalue weighted by Crippen LogP contribution is 2.26. The number of nitrogens with zero attached hydrogens (tertiary/aromatic N) is 1. The fourth-order valence-electron chi connectivity index (χ4n) is 2.94. The van der Waals surface area contributed by atoms with Gasteiger partial charge in [-0.3, -0.25) is 4.90 Å². The second kappa shape index (κ2) is 6.35. The van der Waals surface area contributed by atoms with Crippen molar-refractivity contribution in [3.05, 3.63) is 35.9 Å². The molecule has 1 saturated heterocycles. The van der Waals surface area contributed by atoms with Gasteiger partial charge < -0.3 is 5.32 Å². The summed E-state index contributed by atoms with van der Waals surface area (Å²) in [7, 11) is 0. The predicted molar refractivity (Wildman–Crippen MR) is 77.7 cm³/mol. The molecule has 1 aromatic rings. The summed E-state index contributed by atoms with van der Waals surface area (Å²) >= 11 is 0. The minimum absolute atomic E-state index is 0.527. The van der Waals surface area contributed by atoms with Gasteiger partial charge in [0, 0.05) is 31.2 Å². The smallest absolute Gasteiger partial charge is 0.0476 e. The third-order valence-electron chi connectivity index (χ3n) is 3.92. The Balaban J connectivity index is 2.11. The summed E-state index contributed by atoms with van der Waals surface area (Å²) in [5.74, 6) is 0. The maximum Gasteiger partial charge on any atom is 0.0476 e. The zero-order valence-corrected chi connectivity index (χ0v) is 11.9. The van der Waals surface area contributed by atoms with Crippen molar-refractivity contribution in [3.8, 4) is 0 Å². The van der Waals surface area contributed by atoms with Crippen LogP contribution in [0.25, 0.3) is 0 Å². The average Bonchev–Trinajstić information content (AvgIpc) is 2.40. The Bertz CT molecular complexity index is 347. The van der Waals surface area contributed by atoms with Crippen molar-refractivity contribution in [1.82, 2.24) is 10.2 Å². The van der Waals surface area contributed by atoms with Crippen molar-refractivity contribution >= 4 is 0 Å². The Morgan fingerprint density at radius 3 is 2.61 bits per heavy atom. The monoisotopic (exact) mass is 246 g/mol. The molecule has 2 heteroatoms. The summed E-state index contributed by atoms with van der Waals surface area (Å²) < 4.78 is 0. The van der Waals surface area contributed by atoms with Gasteiger partial charge in [0.15, 0.2) is 0 Å². The molecule has 2 rings (SSSR count). The van der Waals surface area contributed by atoms with Gasteiger partial charge in [0.2, 0.25) is 0 Å². The summed E-state index contributed by atoms with van der Waals surface area (Å²) in [6.07, 6.45) is 2.55. The van der Waals surface area contributed by atoms with Crippen molar-refractivity contribution < 1.29 is 0 Å². The van der Waals surface area contributed by atoms with Gasteiger partial charge in [-0.2, -0.15) is 0 Å². The highest BCUT2D eigenvalue weighted by atomic mass is 15.2. The molecule has 18 heavy (non-hydrogen) atoms. The van der Waals surface area contributed by atoms with Gasteiger partial charge in [-0.05, 0) is 25.8 Å². The van der Waals surface area contributed by atoms with E-state index in [0.29, 0.717) is 18.1 Å². The summed E-state index contributed by atoms with van der Waals surface area (Å²) in [5.41, 5.74) is 1.44. The van der Waals surface area contributed by atoms with Gasteiger partial charge >= 0.3 is 0 Å². The van der Waals surface area contributed by atoms with Crippen molar-refractivity contribution in [3.63, 3.8) is 0 Å². The molecule has 2 nitrogen and oxygen atoms in total. The van der Waals surface area contributed by atoms with Crippen LogP contribution >= 0.6 is 0 Å². The fraction of sp³-hybridized carbons (Fsp3) is 0.625. The largest absolute Gasteiger partial charge is 0.311 e. The van der Waals surface area contributed by atoms with E-state index in [4.69, 9.17) is 0 Å². The molecule has 0 amide bonds. The topological polar surface area (TPSA) is 15.3 Å². The Kier molecular flexibility index (Phi) is 4.79. The van der Waals surface area contributed by atoms with Crippen LogP contribution < -0.4 is 5.32 Å². The van der Waals surface area contributed by atoms with E-state index in [2.05, 4.69) is 61.3 Å². The first-order valence-electron chi connectivity index (χ1n) is 7.26. The molecule has 1 fully saturated rings. The van der Waals surface area contributed by atoms with Crippen LogP contribution in [0.15, 0.2) is 30.3 Å². The van der Waals surface area contributed by atoms with Crippen LogP contribution in [0.3, 0.4) is 0 Å². The molecule has 2 atom stereocenters. The van der Waals surface area contributed by atoms with Gasteiger partial charge in [0.05, 0.1) is 0 Å². The van der Waals surface area contributed by atoms with Crippen LogP contribution in [-0.4, -0.2) is 30.1 Å². The summed E-state index contributed by atoms with van der Waals surface area (Å²) in [6.45, 7) is 9.14. The molecule has 0 radical (unpaired) electrons. The maximum atomic E-state index is 3.71. The van der Waals surface area contributed by atoms with E-state index < -0.39 is 0 Å². The third-order valence-corrected chi connectivity index (χ3v) is 3.92. The molecule has 100 valence electrons. The van der Waals surface area contributed by atoms with Gasteiger partial charge in [0.1, 0.15) is 0 Å². The Labute approximate surface area is 111 Å². The molecular weight excluding hydrogens is 220 g/mol. The molecule has 0 saturated carbocycles. The van der Waals surface area contributed by atoms with Crippen molar-refractivity contribution in [2.45, 2.75) is 51.7 Å². The predicted octanol–water partition coefficient (Wildman–Crippen LogP) is 3.21. The molecule has 0 aromatic heterocycles. The Morgan fingerprint density at radius 1 is 1.28 bits per heavy atom. The molecule has 1 aromatic carbocycles. The van der Waals surface area contributed by atoms with Crippen LogP contribution in [0.2, 0.25) is 0 Å². The number of nitrogens with one attached hydrogen (secondary N) is 1. The molecule has 1 aliphatic rings. The summed E-state index contributed by atoms with van der Waals surface area (Å²) in [6, 6.07) is 12.7. The van der Waals surface area contributed by atoms with E-state index in [1.54, 1.807) is 0 Å². The molecule has 1 heterocycles. The SMILES string of the molecule is CCCC1CN(C(C)C)C(c2ccccc2)CN1. The number of benzene rings is 1. The van der Waals surface area contributed by atoms with E-state index in [9.17, 15) is 0 Å². The number of hydrogen-bond acceptors (Lipinski definition) is 2. The lowest BCUT2D eigenvalue weighted by Gasteiger charge is -2.43. The molecule has 1 N–H and O–H groups in total. The van der Waals surface area contributed by atoms with Crippen molar-refractivity contribution in [2.75, 3.05) is 13.1 Å². The van der Waals surface area contributed by atoms with Crippen molar-refractivity contribution in [2.24, 2.45) is 0 Å². The molecular formula is C16H26N2. The highest BCUT2D eigenvalue weighted by molar-refractivity contribution is 5.20. The number of piperazine rings is 1. The lowest BCUT2D eigenvalue weighted by Crippen LogP contribution is -2.54. The van der Waals surface area contributed by atoms with Gasteiger partial charge in [-0.15, -0.1) is 0 Å². The lowest BCUT2D eigenvalue weighted by molar-refractivity contribution is 0.0937. The van der Waals surface area contributed by atoms with E-state index in [1.165, 1.54) is 24.9 Å². The Hall–Kier alpha value is -0.860. The van der Waals surface area contributed by atoms with Crippen LogP contribution in [0.1, 0.15) is 45.2 Å². The van der Waals surface area contributed by atoms with E-state index in [0.717, 1.165) is 6.54 Å². The van der Waals surface area contributed by atoms with E-state index in [-0.39, 0.29) is 0 Å². The summed E-state index contributed by atoms with van der Waals surface area (Å²) in [5, 5.41) is 3.71. The quantitative estimate of drug-likeness (QED) is 0.877. The first kappa shape index (κ1) is 13.6. The van der Waals surface area contributed by atoms with Crippen LogP contribution in [-0.2, 0) is 0 Å². The second-order valence-electron chi connectivity index (χ2n) is 5.61. The van der Waals surface area contributed by atoms with Crippen LogP contribution in [0, 0.1) is 0 Å². The summed E-state index contributed by atoms with van der Waals surface area (Å²) in [4.78, 5) is 2.64. The van der Waals surface area contributed by atoms with E-state index in [1.807, 2.05) is 0 Å². The number of rotatable bonds is 4. The first-order valence-corrected chi connectivity index (χ1v) is 7.26. The molecule has 1 aliphatic heterocycles. The second-order valence-corrected chi connectivity index (χ2v) is 5.61. The standard InChI is InChI=1S/C16H26N2/c1-4-8-15-12-18(13(2)3)16(11-17-15)14-9-6-5-7-10-14/h5-7,9-10,13,15-17H,4,8,11-12H2,1-3H3. The van der Waals surface area contributed by atoms with E-state index >= 15 is 0 Å². The zero-order valence-electron chi connectivity index (χ0n) is 11.9. The van der Waals surface area contributed by atoms with Crippen molar-refractivity contribution in [1.29, 1.82) is 0 Å². The lowest BCUT2D eigenvalue weighted by atomic mass is 9.98. The van der Waals surface area contributed by atoms with Gasteiger partial charge in [0.25, 0.3) is 0 Å². The normalized spacial score (nSPS) is 25.6. The minimum Gasteiger partial charge on any atom is -0.311 e.